The molecule has 9 heteroatoms. The van der Waals surface area contributed by atoms with Crippen molar-refractivity contribution in [3.8, 4) is 0 Å². The number of nitrogens with zero attached hydrogens (tertiary/aromatic N) is 2. The number of hydrogen-bond donors (Lipinski definition) is 0. The molecule has 2 unspecified atom stereocenters. The Morgan fingerprint density at radius 1 is 0.697 bits per heavy atom. The number of rotatable bonds is 14. The molecule has 8 nitrogen and oxygen atoms in total. The van der Waals surface area contributed by atoms with E-state index in [9.17, 15) is 29.4 Å². The number of unbranched alkanes of at least 4 members (excludes halogenated alkanes) is 4. The maximum Gasteiger partial charge on any atom is 2.00 e. The van der Waals surface area contributed by atoms with Gasteiger partial charge in [0.1, 0.15) is 0 Å². The van der Waals surface area contributed by atoms with Crippen LogP contribution in [0.1, 0.15) is 79.1 Å². The van der Waals surface area contributed by atoms with Crippen molar-refractivity contribution >= 4 is 61.5 Å². The first-order valence-corrected chi connectivity index (χ1v) is 11.2. The van der Waals surface area contributed by atoms with E-state index in [4.69, 9.17) is 0 Å². The molecular weight excluding hydrogens is 452 g/mol. The van der Waals surface area contributed by atoms with E-state index in [0.29, 0.717) is 12.8 Å². The number of carboxylic acid groups (broad SMARTS) is 2. The maximum atomic E-state index is 11.5. The summed E-state index contributed by atoms with van der Waals surface area (Å²) in [6.45, 7) is 6.82. The van der Waals surface area contributed by atoms with E-state index in [1.54, 1.807) is 0 Å². The molecule has 0 radical (unpaired) electrons. The molecular formula is C24H40CaN2O6. The molecule has 0 bridgehead atoms. The van der Waals surface area contributed by atoms with Crippen LogP contribution < -0.4 is 10.2 Å². The molecule has 0 aliphatic carbocycles. The summed E-state index contributed by atoms with van der Waals surface area (Å²) in [5.74, 6) is -2.72. The van der Waals surface area contributed by atoms with E-state index in [-0.39, 0.29) is 49.6 Å². The molecule has 33 heavy (non-hydrogen) atoms. The van der Waals surface area contributed by atoms with Gasteiger partial charge in [0.05, 0.1) is 24.0 Å². The summed E-state index contributed by atoms with van der Waals surface area (Å²) >= 11 is 0. The Bertz CT molecular complexity index is 582. The number of carbonyl (C=O) groups excluding carboxylic acids is 4. The van der Waals surface area contributed by atoms with Crippen molar-refractivity contribution in [1.29, 1.82) is 0 Å². The second-order valence-electron chi connectivity index (χ2n) is 7.63. The molecule has 0 aromatic carbocycles. The molecule has 0 aromatic heterocycles. The van der Waals surface area contributed by atoms with E-state index >= 15 is 0 Å². The molecule has 0 saturated heterocycles. The third-order valence-corrected chi connectivity index (χ3v) is 5.13. The minimum atomic E-state index is -1.22. The van der Waals surface area contributed by atoms with Crippen LogP contribution in [0.25, 0.3) is 0 Å². The number of amides is 2. The Kier molecular flexibility index (Phi) is 24.6. The first-order chi connectivity index (χ1) is 15.0. The Hall–Kier alpha value is -1.38. The van der Waals surface area contributed by atoms with Gasteiger partial charge in [-0.2, -0.15) is 0 Å². The summed E-state index contributed by atoms with van der Waals surface area (Å²) in [6, 6.07) is -1.72. The number of carboxylic acids is 2. The van der Waals surface area contributed by atoms with E-state index in [0.717, 1.165) is 38.5 Å². The Morgan fingerprint density at radius 3 is 1.24 bits per heavy atom. The normalized spacial score (nSPS) is 12.3. The zero-order chi connectivity index (χ0) is 25.1. The SMILES string of the molecule is C/C=C/CCCCC(=O)N(C)C(C)C(=O)[O-].C/C=C/CCCCC(=O)N(C)C(C)C(=O)[O-].[Ca+2]. The third-order valence-electron chi connectivity index (χ3n) is 5.13. The molecule has 0 fully saturated rings. The summed E-state index contributed by atoms with van der Waals surface area (Å²) in [5, 5.41) is 21.1. The summed E-state index contributed by atoms with van der Waals surface area (Å²) in [7, 11) is 2.99. The standard InChI is InChI=1S/2C12H21NO3.Ca/c2*1-4-5-6-7-8-9-11(14)13(3)10(2)12(15)16;/h2*4-5,10H,6-9H2,1-3H3,(H,15,16);/q;;+2/p-2/b2*5-4+;. The van der Waals surface area contributed by atoms with Gasteiger partial charge in [-0.1, -0.05) is 24.3 Å². The van der Waals surface area contributed by atoms with Gasteiger partial charge in [-0.25, -0.2) is 0 Å². The predicted molar refractivity (Wildman–Crippen MR) is 127 cm³/mol. The molecule has 184 valence electrons. The average Bonchev–Trinajstić information content (AvgIpc) is 2.76. The number of likely N-dealkylation sites (N-methyl/N-ethyl adjacent to an activating group) is 2. The van der Waals surface area contributed by atoms with E-state index in [2.05, 4.69) is 12.2 Å². The van der Waals surface area contributed by atoms with Gasteiger partial charge in [-0.3, -0.25) is 9.59 Å². The van der Waals surface area contributed by atoms with Crippen LogP contribution in [0.15, 0.2) is 24.3 Å². The average molecular weight is 493 g/mol. The zero-order valence-corrected chi connectivity index (χ0v) is 23.4. The van der Waals surface area contributed by atoms with Gasteiger partial charge in [0, 0.05) is 26.9 Å². The van der Waals surface area contributed by atoms with Crippen LogP contribution in [-0.2, 0) is 19.2 Å². The predicted octanol–water partition coefficient (Wildman–Crippen LogP) is 1.06. The first kappa shape index (κ1) is 36.2. The summed E-state index contributed by atoms with van der Waals surface area (Å²) in [4.78, 5) is 46.6. The summed E-state index contributed by atoms with van der Waals surface area (Å²) < 4.78 is 0. The molecule has 0 spiro atoms. The number of aliphatic carboxylic acids is 2. The minimum Gasteiger partial charge on any atom is -0.548 e. The number of carbonyl (C=O) groups is 4. The number of allylic oxidation sites excluding steroid dienone is 4. The molecule has 0 N–H and O–H groups in total. The van der Waals surface area contributed by atoms with Crippen molar-refractivity contribution in [1.82, 2.24) is 9.80 Å². The molecule has 2 atom stereocenters. The minimum absolute atomic E-state index is 0. The largest absolute Gasteiger partial charge is 2.00 e. The third kappa shape index (κ3) is 18.7. The molecule has 0 heterocycles. The van der Waals surface area contributed by atoms with Crippen molar-refractivity contribution in [2.45, 2.75) is 91.1 Å². The smallest absolute Gasteiger partial charge is 0.548 e. The van der Waals surface area contributed by atoms with Crippen LogP contribution in [0.4, 0.5) is 0 Å². The van der Waals surface area contributed by atoms with Crippen molar-refractivity contribution in [3.63, 3.8) is 0 Å². The summed E-state index contributed by atoms with van der Waals surface area (Å²) in [6.07, 6.45) is 14.2. The molecule has 2 amide bonds. The molecule has 0 aromatic rings. The summed E-state index contributed by atoms with van der Waals surface area (Å²) in [5.41, 5.74) is 0. The second kappa shape index (κ2) is 22.4. The van der Waals surface area contributed by atoms with Gasteiger partial charge in [0.15, 0.2) is 0 Å². The van der Waals surface area contributed by atoms with Gasteiger partial charge in [-0.05, 0) is 66.2 Å². The molecule has 0 saturated carbocycles. The van der Waals surface area contributed by atoms with E-state index < -0.39 is 24.0 Å². The van der Waals surface area contributed by atoms with Gasteiger partial charge in [-0.15, -0.1) is 0 Å². The van der Waals surface area contributed by atoms with Crippen LogP contribution in [0, 0.1) is 0 Å². The molecule has 0 rings (SSSR count). The van der Waals surface area contributed by atoms with Gasteiger partial charge >= 0.3 is 37.7 Å². The fraction of sp³-hybridized carbons (Fsp3) is 0.667. The van der Waals surface area contributed by atoms with E-state index in [1.807, 2.05) is 26.0 Å². The van der Waals surface area contributed by atoms with Crippen LogP contribution in [0.5, 0.6) is 0 Å². The first-order valence-electron chi connectivity index (χ1n) is 11.2. The fourth-order valence-corrected chi connectivity index (χ4v) is 2.51. The van der Waals surface area contributed by atoms with Gasteiger partial charge in [0.2, 0.25) is 11.8 Å². The Labute approximate surface area is 229 Å². The molecule has 0 aliphatic heterocycles. The monoisotopic (exact) mass is 492 g/mol. The Morgan fingerprint density at radius 2 is 1.00 bits per heavy atom. The van der Waals surface area contributed by atoms with Crippen LogP contribution in [-0.4, -0.2) is 97.5 Å². The van der Waals surface area contributed by atoms with Gasteiger partial charge in [0.25, 0.3) is 0 Å². The van der Waals surface area contributed by atoms with Crippen LogP contribution >= 0.6 is 0 Å². The van der Waals surface area contributed by atoms with Crippen molar-refractivity contribution in [2.24, 2.45) is 0 Å². The van der Waals surface area contributed by atoms with Crippen molar-refractivity contribution in [2.75, 3.05) is 14.1 Å². The number of hydrogen-bond acceptors (Lipinski definition) is 6. The second-order valence-corrected chi connectivity index (χ2v) is 7.63. The molecule has 0 aliphatic rings. The van der Waals surface area contributed by atoms with Crippen LogP contribution in [0.2, 0.25) is 0 Å². The van der Waals surface area contributed by atoms with Crippen LogP contribution in [0.3, 0.4) is 0 Å². The van der Waals surface area contributed by atoms with E-state index in [1.165, 1.54) is 37.7 Å². The van der Waals surface area contributed by atoms with Crippen molar-refractivity contribution < 1.29 is 29.4 Å². The topological polar surface area (TPSA) is 121 Å². The quantitative estimate of drug-likeness (QED) is 0.203. The van der Waals surface area contributed by atoms with Gasteiger partial charge < -0.3 is 29.6 Å². The zero-order valence-electron chi connectivity index (χ0n) is 21.2. The van der Waals surface area contributed by atoms with Crippen molar-refractivity contribution in [3.05, 3.63) is 24.3 Å². The fourth-order valence-electron chi connectivity index (χ4n) is 2.51. The Balaban J connectivity index is -0.000000529. The maximum absolute atomic E-state index is 11.5.